The zero-order valence-electron chi connectivity index (χ0n) is 13.1. The normalized spacial score (nSPS) is 16.1. The van der Waals surface area contributed by atoms with E-state index in [-0.39, 0.29) is 11.8 Å². The Kier molecular flexibility index (Phi) is 4.02. The molecule has 2 N–H and O–H groups in total. The molecular formula is C18H18N2O3. The van der Waals surface area contributed by atoms with Gasteiger partial charge in [0.05, 0.1) is 5.69 Å². The van der Waals surface area contributed by atoms with Crippen LogP contribution < -0.4 is 15.4 Å². The predicted molar refractivity (Wildman–Crippen MR) is 87.5 cm³/mol. The molecule has 0 saturated carbocycles. The van der Waals surface area contributed by atoms with Crippen LogP contribution in [-0.4, -0.2) is 17.9 Å². The largest absolute Gasteiger partial charge is 0.479 e. The summed E-state index contributed by atoms with van der Waals surface area (Å²) in [6.45, 7) is 4.15. The van der Waals surface area contributed by atoms with Gasteiger partial charge in [-0.2, -0.15) is 0 Å². The van der Waals surface area contributed by atoms with Gasteiger partial charge < -0.3 is 15.4 Å². The molecule has 0 spiro atoms. The molecule has 0 radical (unpaired) electrons. The van der Waals surface area contributed by atoms with Gasteiger partial charge in [-0.3, -0.25) is 9.59 Å². The highest BCUT2D eigenvalue weighted by Crippen LogP contribution is 2.30. The number of benzene rings is 2. The maximum Gasteiger partial charge on any atom is 0.265 e. The number of carbonyl (C=O) groups excluding carboxylic acids is 2. The van der Waals surface area contributed by atoms with Gasteiger partial charge >= 0.3 is 0 Å². The van der Waals surface area contributed by atoms with Crippen LogP contribution in [0.15, 0.2) is 42.5 Å². The molecule has 0 saturated heterocycles. The summed E-state index contributed by atoms with van der Waals surface area (Å²) in [5.74, 6) is 0.173. The zero-order valence-corrected chi connectivity index (χ0v) is 13.1. The summed E-state index contributed by atoms with van der Waals surface area (Å²) >= 11 is 0. The summed E-state index contributed by atoms with van der Waals surface area (Å²) in [6, 6.07) is 12.9. The van der Waals surface area contributed by atoms with E-state index in [1.54, 1.807) is 25.1 Å². The van der Waals surface area contributed by atoms with Gasteiger partial charge in [-0.15, -0.1) is 0 Å². The first-order chi connectivity index (χ1) is 11.0. The number of hydrogen-bond donors (Lipinski definition) is 2. The van der Waals surface area contributed by atoms with Gasteiger partial charge in [0.25, 0.3) is 11.8 Å². The van der Waals surface area contributed by atoms with Crippen LogP contribution in [0.3, 0.4) is 0 Å². The van der Waals surface area contributed by atoms with Crippen LogP contribution in [-0.2, 0) is 11.3 Å². The number of fused-ring (bicyclic) bond motifs is 1. The lowest BCUT2D eigenvalue weighted by atomic mass is 10.1. The summed E-state index contributed by atoms with van der Waals surface area (Å²) in [5, 5.41) is 5.63. The molecule has 1 aliphatic rings. The Morgan fingerprint density at radius 2 is 2.04 bits per heavy atom. The lowest BCUT2D eigenvalue weighted by Gasteiger charge is -2.23. The average molecular weight is 310 g/mol. The molecule has 23 heavy (non-hydrogen) atoms. The van der Waals surface area contributed by atoms with Crippen LogP contribution in [0.2, 0.25) is 0 Å². The fourth-order valence-corrected chi connectivity index (χ4v) is 2.44. The SMILES string of the molecule is Cc1ccccc1CNC(=O)c1ccc2c(c1)NC(=O)C(C)O2. The first kappa shape index (κ1) is 15.1. The van der Waals surface area contributed by atoms with Crippen LogP contribution in [0.5, 0.6) is 5.75 Å². The number of nitrogens with one attached hydrogen (secondary N) is 2. The minimum Gasteiger partial charge on any atom is -0.479 e. The molecule has 3 rings (SSSR count). The predicted octanol–water partition coefficient (Wildman–Crippen LogP) is 2.64. The molecule has 2 aromatic carbocycles. The van der Waals surface area contributed by atoms with Crippen molar-refractivity contribution < 1.29 is 14.3 Å². The fraction of sp³-hybridized carbons (Fsp3) is 0.222. The topological polar surface area (TPSA) is 67.4 Å². The monoisotopic (exact) mass is 310 g/mol. The van der Waals surface area contributed by atoms with E-state index in [0.29, 0.717) is 23.5 Å². The third-order valence-corrected chi connectivity index (χ3v) is 3.87. The Morgan fingerprint density at radius 1 is 1.26 bits per heavy atom. The zero-order chi connectivity index (χ0) is 16.4. The van der Waals surface area contributed by atoms with Crippen molar-refractivity contribution in [1.82, 2.24) is 5.32 Å². The van der Waals surface area contributed by atoms with Gasteiger partial charge in [0.2, 0.25) is 0 Å². The van der Waals surface area contributed by atoms with Crippen molar-refractivity contribution in [3.8, 4) is 5.75 Å². The van der Waals surface area contributed by atoms with Crippen LogP contribution in [0.4, 0.5) is 5.69 Å². The molecule has 1 atom stereocenters. The summed E-state index contributed by atoms with van der Waals surface area (Å²) in [5.41, 5.74) is 3.21. The van der Waals surface area contributed by atoms with Gasteiger partial charge in [-0.25, -0.2) is 0 Å². The van der Waals surface area contributed by atoms with E-state index in [1.165, 1.54) is 0 Å². The van der Waals surface area contributed by atoms with E-state index in [9.17, 15) is 9.59 Å². The van der Waals surface area contributed by atoms with Crippen LogP contribution >= 0.6 is 0 Å². The van der Waals surface area contributed by atoms with E-state index < -0.39 is 6.10 Å². The third kappa shape index (κ3) is 3.18. The Morgan fingerprint density at radius 3 is 2.83 bits per heavy atom. The number of carbonyl (C=O) groups is 2. The van der Waals surface area contributed by atoms with Gasteiger partial charge in [0, 0.05) is 12.1 Å². The number of aryl methyl sites for hydroxylation is 1. The van der Waals surface area contributed by atoms with Crippen molar-refractivity contribution in [2.45, 2.75) is 26.5 Å². The first-order valence-electron chi connectivity index (χ1n) is 7.49. The maximum atomic E-state index is 12.3. The van der Waals surface area contributed by atoms with Crippen LogP contribution in [0, 0.1) is 6.92 Å². The molecule has 0 aliphatic carbocycles. The molecule has 0 aromatic heterocycles. The minimum absolute atomic E-state index is 0.191. The molecule has 5 nitrogen and oxygen atoms in total. The lowest BCUT2D eigenvalue weighted by molar-refractivity contribution is -0.122. The smallest absolute Gasteiger partial charge is 0.265 e. The minimum atomic E-state index is -0.525. The number of ether oxygens (including phenoxy) is 1. The third-order valence-electron chi connectivity index (χ3n) is 3.87. The highest BCUT2D eigenvalue weighted by atomic mass is 16.5. The van der Waals surface area contributed by atoms with E-state index in [1.807, 2.05) is 31.2 Å². The van der Waals surface area contributed by atoms with E-state index in [0.717, 1.165) is 11.1 Å². The quantitative estimate of drug-likeness (QED) is 0.916. The Hall–Kier alpha value is -2.82. The summed E-state index contributed by atoms with van der Waals surface area (Å²) in [4.78, 5) is 23.9. The molecule has 1 aliphatic heterocycles. The number of rotatable bonds is 3. The van der Waals surface area contributed by atoms with E-state index in [2.05, 4.69) is 10.6 Å². The van der Waals surface area contributed by atoms with Crippen molar-refractivity contribution in [1.29, 1.82) is 0 Å². The van der Waals surface area contributed by atoms with E-state index in [4.69, 9.17) is 4.74 Å². The maximum absolute atomic E-state index is 12.3. The summed E-state index contributed by atoms with van der Waals surface area (Å²) in [6.07, 6.45) is -0.525. The van der Waals surface area contributed by atoms with Crippen molar-refractivity contribution in [3.05, 3.63) is 59.2 Å². The van der Waals surface area contributed by atoms with Gasteiger partial charge in [0.15, 0.2) is 6.10 Å². The molecule has 1 unspecified atom stereocenters. The standard InChI is InChI=1S/C18H18N2O3/c1-11-5-3-4-6-14(11)10-19-18(22)13-7-8-16-15(9-13)20-17(21)12(2)23-16/h3-9,12H,10H2,1-2H3,(H,19,22)(H,20,21). The molecule has 0 fully saturated rings. The van der Waals surface area contributed by atoms with Gasteiger partial charge in [-0.05, 0) is 43.2 Å². The van der Waals surface area contributed by atoms with Crippen molar-refractivity contribution >= 4 is 17.5 Å². The van der Waals surface area contributed by atoms with Crippen molar-refractivity contribution in [3.63, 3.8) is 0 Å². The molecule has 2 aromatic rings. The molecule has 0 bridgehead atoms. The second-order valence-corrected chi connectivity index (χ2v) is 5.57. The van der Waals surface area contributed by atoms with Crippen molar-refractivity contribution in [2.24, 2.45) is 0 Å². The number of hydrogen-bond acceptors (Lipinski definition) is 3. The lowest BCUT2D eigenvalue weighted by Crippen LogP contribution is -2.34. The van der Waals surface area contributed by atoms with Gasteiger partial charge in [0.1, 0.15) is 5.75 Å². The molecular weight excluding hydrogens is 292 g/mol. The average Bonchev–Trinajstić information content (AvgIpc) is 2.54. The van der Waals surface area contributed by atoms with Crippen molar-refractivity contribution in [2.75, 3.05) is 5.32 Å². The van der Waals surface area contributed by atoms with Crippen LogP contribution in [0.25, 0.3) is 0 Å². The molecule has 1 heterocycles. The molecule has 118 valence electrons. The Balaban J connectivity index is 1.72. The number of anilines is 1. The molecule has 5 heteroatoms. The summed E-state index contributed by atoms with van der Waals surface area (Å²) in [7, 11) is 0. The highest BCUT2D eigenvalue weighted by Gasteiger charge is 2.24. The number of amides is 2. The van der Waals surface area contributed by atoms with E-state index >= 15 is 0 Å². The second-order valence-electron chi connectivity index (χ2n) is 5.57. The highest BCUT2D eigenvalue weighted by molar-refractivity contribution is 6.00. The first-order valence-corrected chi connectivity index (χ1v) is 7.49. The Bertz CT molecular complexity index is 771. The van der Waals surface area contributed by atoms with Crippen LogP contribution in [0.1, 0.15) is 28.4 Å². The fourth-order valence-electron chi connectivity index (χ4n) is 2.44. The summed E-state index contributed by atoms with van der Waals surface area (Å²) < 4.78 is 5.48. The van der Waals surface area contributed by atoms with Gasteiger partial charge in [-0.1, -0.05) is 24.3 Å². The Labute approximate surface area is 134 Å². The molecule has 2 amide bonds. The second kappa shape index (κ2) is 6.12.